The fourth-order valence-electron chi connectivity index (χ4n) is 2.36. The lowest BCUT2D eigenvalue weighted by atomic mass is 10.0. The van der Waals surface area contributed by atoms with Gasteiger partial charge >= 0.3 is 6.09 Å². The van der Waals surface area contributed by atoms with Crippen LogP contribution in [-0.2, 0) is 11.2 Å². The van der Waals surface area contributed by atoms with Crippen LogP contribution in [0.5, 0.6) is 5.75 Å². The summed E-state index contributed by atoms with van der Waals surface area (Å²) in [4.78, 5) is 15.8. The molecule has 0 aromatic heterocycles. The molecule has 0 saturated carbocycles. The van der Waals surface area contributed by atoms with Crippen LogP contribution in [-0.4, -0.2) is 22.5 Å². The first-order chi connectivity index (χ1) is 9.78. The normalized spacial score (nSPS) is 17.2. The molecule has 5 heteroatoms. The first kappa shape index (κ1) is 15.5. The average Bonchev–Trinajstić information content (AvgIpc) is 2.55. The monoisotopic (exact) mass is 293 g/mol. The molecule has 0 radical (unpaired) electrons. The Kier molecular flexibility index (Phi) is 4.30. The molecule has 0 aliphatic heterocycles. The van der Waals surface area contributed by atoms with Crippen LogP contribution in [0.3, 0.4) is 0 Å². The predicted molar refractivity (Wildman–Crippen MR) is 78.4 cm³/mol. The standard InChI is InChI=1S/C16H20FNO3/c1-16(2,3)21-15(20)18-12-7-5-4-6-11-10(12)8-9-13(19)14(11)17/h8-9,19H,4-7H2,1-3H3. The SMILES string of the molecule is CC(C)(C)OC(=O)N=C1CCCCc2c1ccc(O)c2F. The van der Waals surface area contributed by atoms with Gasteiger partial charge in [-0.15, -0.1) is 0 Å². The molecule has 1 N–H and O–H groups in total. The van der Waals surface area contributed by atoms with Gasteiger partial charge in [0.1, 0.15) is 5.60 Å². The number of aliphatic imine (C=N–C) groups is 1. The van der Waals surface area contributed by atoms with Crippen LogP contribution in [0.4, 0.5) is 9.18 Å². The van der Waals surface area contributed by atoms with Gasteiger partial charge in [0.25, 0.3) is 0 Å². The topological polar surface area (TPSA) is 58.9 Å². The number of ether oxygens (including phenoxy) is 1. The van der Waals surface area contributed by atoms with Crippen LogP contribution in [0.1, 0.15) is 51.2 Å². The molecule has 1 aromatic rings. The van der Waals surface area contributed by atoms with Crippen molar-refractivity contribution in [1.82, 2.24) is 0 Å². The molecule has 0 atom stereocenters. The highest BCUT2D eigenvalue weighted by Gasteiger charge is 2.22. The van der Waals surface area contributed by atoms with Gasteiger partial charge in [0.2, 0.25) is 0 Å². The van der Waals surface area contributed by atoms with Crippen molar-refractivity contribution in [2.75, 3.05) is 0 Å². The number of fused-ring (bicyclic) bond motifs is 1. The molecule has 1 aliphatic rings. The van der Waals surface area contributed by atoms with E-state index in [-0.39, 0.29) is 5.75 Å². The van der Waals surface area contributed by atoms with Crippen molar-refractivity contribution in [1.29, 1.82) is 0 Å². The van der Waals surface area contributed by atoms with Crippen LogP contribution in [0.2, 0.25) is 0 Å². The molecule has 0 bridgehead atoms. The quantitative estimate of drug-likeness (QED) is 0.736. The molecule has 0 heterocycles. The lowest BCUT2D eigenvalue weighted by molar-refractivity contribution is 0.0604. The van der Waals surface area contributed by atoms with Crippen molar-refractivity contribution in [2.24, 2.45) is 4.99 Å². The summed E-state index contributed by atoms with van der Waals surface area (Å²) < 4.78 is 19.2. The number of carbonyl (C=O) groups is 1. The molecular formula is C16H20FNO3. The Balaban J connectivity index is 2.38. The Bertz CT molecular complexity index is 588. The maximum Gasteiger partial charge on any atom is 0.434 e. The number of amides is 1. The van der Waals surface area contributed by atoms with E-state index in [4.69, 9.17) is 4.74 Å². The van der Waals surface area contributed by atoms with Gasteiger partial charge in [0.15, 0.2) is 11.6 Å². The fourth-order valence-corrected chi connectivity index (χ4v) is 2.36. The summed E-state index contributed by atoms with van der Waals surface area (Å²) in [6, 6.07) is 2.91. The third kappa shape index (κ3) is 3.80. The molecule has 1 aliphatic carbocycles. The molecule has 2 rings (SSSR count). The molecule has 21 heavy (non-hydrogen) atoms. The van der Waals surface area contributed by atoms with E-state index in [0.717, 1.165) is 12.8 Å². The first-order valence-electron chi connectivity index (χ1n) is 7.09. The summed E-state index contributed by atoms with van der Waals surface area (Å²) >= 11 is 0. The fraction of sp³-hybridized carbons (Fsp3) is 0.500. The van der Waals surface area contributed by atoms with Gasteiger partial charge in [0, 0.05) is 11.1 Å². The van der Waals surface area contributed by atoms with E-state index in [1.54, 1.807) is 26.8 Å². The van der Waals surface area contributed by atoms with E-state index in [1.807, 2.05) is 0 Å². The summed E-state index contributed by atoms with van der Waals surface area (Å²) in [6.07, 6.45) is 2.06. The Hall–Kier alpha value is -1.91. The van der Waals surface area contributed by atoms with Crippen LogP contribution in [0.25, 0.3) is 0 Å². The van der Waals surface area contributed by atoms with Crippen molar-refractivity contribution < 1.29 is 19.0 Å². The smallest absolute Gasteiger partial charge is 0.434 e. The minimum atomic E-state index is -0.668. The Labute approximate surface area is 123 Å². The third-order valence-electron chi connectivity index (χ3n) is 3.24. The molecule has 4 nitrogen and oxygen atoms in total. The van der Waals surface area contributed by atoms with Gasteiger partial charge in [-0.25, -0.2) is 9.18 Å². The van der Waals surface area contributed by atoms with Crippen molar-refractivity contribution >= 4 is 11.8 Å². The van der Waals surface area contributed by atoms with Crippen molar-refractivity contribution in [3.8, 4) is 5.75 Å². The van der Waals surface area contributed by atoms with Gasteiger partial charge in [-0.05, 0) is 58.6 Å². The summed E-state index contributed by atoms with van der Waals surface area (Å²) in [5.74, 6) is -0.987. The minimum absolute atomic E-state index is 0.368. The van der Waals surface area contributed by atoms with Crippen LogP contribution >= 0.6 is 0 Å². The van der Waals surface area contributed by atoms with Crippen molar-refractivity contribution in [3.63, 3.8) is 0 Å². The summed E-state index contributed by atoms with van der Waals surface area (Å²) in [5.41, 5.74) is 0.925. The van der Waals surface area contributed by atoms with E-state index in [9.17, 15) is 14.3 Å². The highest BCUT2D eigenvalue weighted by molar-refractivity contribution is 6.06. The summed E-state index contributed by atoms with van der Waals surface area (Å²) in [5, 5.41) is 9.48. The van der Waals surface area contributed by atoms with Gasteiger partial charge in [0.05, 0.1) is 5.71 Å². The molecule has 1 amide bonds. The number of benzene rings is 1. The van der Waals surface area contributed by atoms with Gasteiger partial charge in [-0.3, -0.25) is 0 Å². The Morgan fingerprint density at radius 1 is 1.29 bits per heavy atom. The summed E-state index contributed by atoms with van der Waals surface area (Å²) in [6.45, 7) is 5.30. The average molecular weight is 293 g/mol. The molecule has 0 saturated heterocycles. The van der Waals surface area contributed by atoms with E-state index < -0.39 is 17.5 Å². The number of phenolic OH excluding ortho intramolecular Hbond substituents is 1. The van der Waals surface area contributed by atoms with Gasteiger partial charge in [-0.1, -0.05) is 0 Å². The third-order valence-corrected chi connectivity index (χ3v) is 3.24. The zero-order valence-corrected chi connectivity index (χ0v) is 12.6. The molecule has 114 valence electrons. The van der Waals surface area contributed by atoms with Crippen molar-refractivity contribution in [3.05, 3.63) is 29.1 Å². The van der Waals surface area contributed by atoms with Gasteiger partial charge < -0.3 is 9.84 Å². The zero-order chi connectivity index (χ0) is 15.6. The lowest BCUT2D eigenvalue weighted by Gasteiger charge is -2.18. The zero-order valence-electron chi connectivity index (χ0n) is 12.6. The number of phenols is 1. The lowest BCUT2D eigenvalue weighted by Crippen LogP contribution is -2.22. The second-order valence-corrected chi connectivity index (χ2v) is 6.17. The highest BCUT2D eigenvalue weighted by Crippen LogP contribution is 2.29. The number of hydrogen-bond acceptors (Lipinski definition) is 3. The van der Waals surface area contributed by atoms with Crippen LogP contribution in [0, 0.1) is 5.82 Å². The number of halogens is 1. The Morgan fingerprint density at radius 2 is 1.95 bits per heavy atom. The molecule has 0 unspecified atom stereocenters. The van der Waals surface area contributed by atoms with Crippen LogP contribution < -0.4 is 0 Å². The number of aromatic hydroxyl groups is 1. The van der Waals surface area contributed by atoms with Crippen LogP contribution in [0.15, 0.2) is 17.1 Å². The van der Waals surface area contributed by atoms with Crippen molar-refractivity contribution in [2.45, 2.75) is 52.1 Å². The number of nitrogens with zero attached hydrogens (tertiary/aromatic N) is 1. The van der Waals surface area contributed by atoms with Gasteiger partial charge in [-0.2, -0.15) is 4.99 Å². The molecular weight excluding hydrogens is 273 g/mol. The predicted octanol–water partition coefficient (Wildman–Crippen LogP) is 3.98. The first-order valence-corrected chi connectivity index (χ1v) is 7.09. The Morgan fingerprint density at radius 3 is 2.62 bits per heavy atom. The van der Waals surface area contributed by atoms with E-state index >= 15 is 0 Å². The minimum Gasteiger partial charge on any atom is -0.505 e. The maximum atomic E-state index is 14.0. The van der Waals surface area contributed by atoms with E-state index in [2.05, 4.69) is 4.99 Å². The number of rotatable bonds is 0. The summed E-state index contributed by atoms with van der Waals surface area (Å²) in [7, 11) is 0. The number of hydrogen-bond donors (Lipinski definition) is 1. The molecule has 0 fully saturated rings. The number of carbonyl (C=O) groups excluding carboxylic acids is 1. The van der Waals surface area contributed by atoms with E-state index in [0.29, 0.717) is 29.7 Å². The highest BCUT2D eigenvalue weighted by atomic mass is 19.1. The maximum absolute atomic E-state index is 14.0. The largest absolute Gasteiger partial charge is 0.505 e. The second-order valence-electron chi connectivity index (χ2n) is 6.17. The molecule has 0 spiro atoms. The van der Waals surface area contributed by atoms with E-state index in [1.165, 1.54) is 6.07 Å². The second kappa shape index (κ2) is 5.84. The molecule has 1 aromatic carbocycles.